The third-order valence-corrected chi connectivity index (χ3v) is 1.66. The van der Waals surface area contributed by atoms with E-state index in [4.69, 9.17) is 20.6 Å². The Hall–Kier alpha value is -1.30. The molecule has 13 heavy (non-hydrogen) atoms. The largest absolute Gasteiger partial charge is 0.506 e. The lowest BCUT2D eigenvalue weighted by molar-refractivity contribution is 0.0279. The van der Waals surface area contributed by atoms with Crippen molar-refractivity contribution in [2.75, 3.05) is 11.8 Å². The summed E-state index contributed by atoms with van der Waals surface area (Å²) in [4.78, 5) is 0. The standard InChI is InChI=1S/C8H11NO4/c10-4-3-6-1-2-8(11)7(5-6)9(12)13/h1-2,5,10-13H,3-4H2. The van der Waals surface area contributed by atoms with Gasteiger partial charge in [-0.1, -0.05) is 6.07 Å². The van der Waals surface area contributed by atoms with Crippen LogP contribution in [0.1, 0.15) is 5.56 Å². The molecule has 0 heterocycles. The van der Waals surface area contributed by atoms with E-state index in [1.807, 2.05) is 0 Å². The van der Waals surface area contributed by atoms with Gasteiger partial charge in [-0.05, 0) is 24.1 Å². The van der Waals surface area contributed by atoms with Gasteiger partial charge in [-0.3, -0.25) is 10.4 Å². The molecule has 0 unspecified atom stereocenters. The molecule has 0 aliphatic rings. The quantitative estimate of drug-likeness (QED) is 0.516. The molecule has 1 aromatic rings. The Bertz CT molecular complexity index is 287. The molecule has 0 saturated heterocycles. The van der Waals surface area contributed by atoms with E-state index in [0.29, 0.717) is 12.0 Å². The Labute approximate surface area is 75.0 Å². The Morgan fingerprint density at radius 3 is 2.46 bits per heavy atom. The van der Waals surface area contributed by atoms with Crippen molar-refractivity contribution in [1.82, 2.24) is 0 Å². The number of aliphatic hydroxyl groups excluding tert-OH is 1. The zero-order valence-electron chi connectivity index (χ0n) is 6.88. The summed E-state index contributed by atoms with van der Waals surface area (Å²) in [5.41, 5.74) is 0.606. The minimum atomic E-state index is -0.230. The van der Waals surface area contributed by atoms with Gasteiger partial charge in [0.15, 0.2) is 0 Å². The van der Waals surface area contributed by atoms with Crippen molar-refractivity contribution < 1.29 is 20.6 Å². The van der Waals surface area contributed by atoms with Crippen LogP contribution in [0.25, 0.3) is 0 Å². The lowest BCUT2D eigenvalue weighted by Crippen LogP contribution is -2.11. The molecule has 5 nitrogen and oxygen atoms in total. The Morgan fingerprint density at radius 1 is 1.23 bits per heavy atom. The molecule has 0 spiro atoms. The second kappa shape index (κ2) is 4.08. The van der Waals surface area contributed by atoms with Crippen LogP contribution in [0, 0.1) is 0 Å². The Kier molecular flexibility index (Phi) is 3.07. The van der Waals surface area contributed by atoms with Crippen molar-refractivity contribution in [2.24, 2.45) is 0 Å². The van der Waals surface area contributed by atoms with E-state index in [0.717, 1.165) is 0 Å². The monoisotopic (exact) mass is 185 g/mol. The first-order valence-electron chi connectivity index (χ1n) is 3.76. The molecule has 0 fully saturated rings. The second-order valence-electron chi connectivity index (χ2n) is 2.59. The van der Waals surface area contributed by atoms with Gasteiger partial charge in [-0.2, -0.15) is 0 Å². The van der Waals surface area contributed by atoms with Gasteiger partial charge >= 0.3 is 0 Å². The maximum absolute atomic E-state index is 9.15. The van der Waals surface area contributed by atoms with Gasteiger partial charge in [-0.25, -0.2) is 0 Å². The molecule has 4 N–H and O–H groups in total. The maximum atomic E-state index is 9.15. The van der Waals surface area contributed by atoms with Gasteiger partial charge in [0.2, 0.25) is 0 Å². The molecule has 0 atom stereocenters. The second-order valence-corrected chi connectivity index (χ2v) is 2.59. The zero-order chi connectivity index (χ0) is 9.84. The SMILES string of the molecule is OCCc1ccc(O)c(N(O)O)c1. The summed E-state index contributed by atoms with van der Waals surface area (Å²) in [6, 6.07) is 4.31. The molecular formula is C8H11NO4. The first-order chi connectivity index (χ1) is 6.15. The lowest BCUT2D eigenvalue weighted by Gasteiger charge is -2.10. The summed E-state index contributed by atoms with van der Waals surface area (Å²) in [5.74, 6) is -0.230. The fourth-order valence-corrected chi connectivity index (χ4v) is 1.01. The predicted octanol–water partition coefficient (Wildman–Crippen LogP) is 0.512. The summed E-state index contributed by atoms with van der Waals surface area (Å²) < 4.78 is 0. The molecular weight excluding hydrogens is 174 g/mol. The van der Waals surface area contributed by atoms with Crippen LogP contribution >= 0.6 is 0 Å². The number of aliphatic hydroxyl groups is 1. The van der Waals surface area contributed by atoms with Gasteiger partial charge in [0.25, 0.3) is 0 Å². The number of phenols is 1. The summed E-state index contributed by atoms with van der Waals surface area (Å²) in [6.07, 6.45) is 0.404. The van der Waals surface area contributed by atoms with Crippen molar-refractivity contribution in [3.05, 3.63) is 23.8 Å². The van der Waals surface area contributed by atoms with Crippen LogP contribution < -0.4 is 5.23 Å². The molecule has 1 aromatic carbocycles. The number of aromatic hydroxyl groups is 1. The molecule has 72 valence electrons. The van der Waals surface area contributed by atoms with Crippen molar-refractivity contribution >= 4 is 5.69 Å². The lowest BCUT2D eigenvalue weighted by atomic mass is 10.1. The van der Waals surface area contributed by atoms with Crippen molar-refractivity contribution in [3.8, 4) is 5.75 Å². The van der Waals surface area contributed by atoms with Crippen LogP contribution in [-0.2, 0) is 6.42 Å². The number of anilines is 1. The molecule has 0 bridgehead atoms. The molecule has 0 aliphatic heterocycles. The first-order valence-corrected chi connectivity index (χ1v) is 3.76. The predicted molar refractivity (Wildman–Crippen MR) is 44.9 cm³/mol. The third-order valence-electron chi connectivity index (χ3n) is 1.66. The summed E-state index contributed by atoms with van der Waals surface area (Å²) in [7, 11) is 0. The number of nitrogens with zero attached hydrogens (tertiary/aromatic N) is 1. The van der Waals surface area contributed by atoms with E-state index >= 15 is 0 Å². The van der Waals surface area contributed by atoms with Gasteiger partial charge in [-0.15, -0.1) is 5.23 Å². The molecule has 0 aromatic heterocycles. The van der Waals surface area contributed by atoms with Gasteiger partial charge in [0.1, 0.15) is 11.4 Å². The summed E-state index contributed by atoms with van der Waals surface area (Å²) in [6.45, 7) is -0.0267. The number of hydrogen-bond acceptors (Lipinski definition) is 5. The maximum Gasteiger partial charge on any atom is 0.143 e. The zero-order valence-corrected chi connectivity index (χ0v) is 6.88. The topological polar surface area (TPSA) is 84.2 Å². The average Bonchev–Trinajstić information content (AvgIpc) is 2.08. The highest BCUT2D eigenvalue weighted by molar-refractivity contribution is 5.55. The van der Waals surface area contributed by atoms with Crippen LogP contribution in [-0.4, -0.2) is 27.2 Å². The number of phenolic OH excluding ortho intramolecular Hbond substituents is 1. The highest BCUT2D eigenvalue weighted by atomic mass is 16.8. The summed E-state index contributed by atoms with van der Waals surface area (Å²) in [5, 5.41) is 34.9. The summed E-state index contributed by atoms with van der Waals surface area (Å²) >= 11 is 0. The Morgan fingerprint density at radius 2 is 1.92 bits per heavy atom. The third kappa shape index (κ3) is 2.32. The fourth-order valence-electron chi connectivity index (χ4n) is 1.01. The van der Waals surface area contributed by atoms with Crippen LogP contribution in [0.2, 0.25) is 0 Å². The van der Waals surface area contributed by atoms with E-state index in [9.17, 15) is 0 Å². The minimum absolute atomic E-state index is 0.0267. The minimum Gasteiger partial charge on any atom is -0.506 e. The molecule has 1 rings (SSSR count). The normalized spacial score (nSPS) is 10.1. The van der Waals surface area contributed by atoms with Crippen molar-refractivity contribution in [2.45, 2.75) is 6.42 Å². The smallest absolute Gasteiger partial charge is 0.143 e. The van der Waals surface area contributed by atoms with Crippen LogP contribution in [0.15, 0.2) is 18.2 Å². The van der Waals surface area contributed by atoms with E-state index in [2.05, 4.69) is 0 Å². The van der Waals surface area contributed by atoms with E-state index in [1.54, 1.807) is 6.07 Å². The van der Waals surface area contributed by atoms with E-state index in [-0.39, 0.29) is 23.3 Å². The highest BCUT2D eigenvalue weighted by Gasteiger charge is 2.06. The molecule has 0 aliphatic carbocycles. The molecule has 0 radical (unpaired) electrons. The van der Waals surface area contributed by atoms with Gasteiger partial charge in [0.05, 0.1) is 0 Å². The number of benzene rings is 1. The van der Waals surface area contributed by atoms with Crippen molar-refractivity contribution in [3.63, 3.8) is 0 Å². The first kappa shape index (κ1) is 9.79. The molecule has 5 heteroatoms. The van der Waals surface area contributed by atoms with Crippen LogP contribution in [0.3, 0.4) is 0 Å². The average molecular weight is 185 g/mol. The van der Waals surface area contributed by atoms with Crippen LogP contribution in [0.5, 0.6) is 5.75 Å². The number of hydrogen-bond donors (Lipinski definition) is 4. The van der Waals surface area contributed by atoms with Crippen LogP contribution in [0.4, 0.5) is 5.69 Å². The number of rotatable bonds is 3. The van der Waals surface area contributed by atoms with Gasteiger partial charge < -0.3 is 10.2 Å². The van der Waals surface area contributed by atoms with E-state index < -0.39 is 0 Å². The highest BCUT2D eigenvalue weighted by Crippen LogP contribution is 2.26. The van der Waals surface area contributed by atoms with Gasteiger partial charge in [0, 0.05) is 6.61 Å². The molecule has 0 saturated carbocycles. The fraction of sp³-hybridized carbons (Fsp3) is 0.250. The van der Waals surface area contributed by atoms with Crippen molar-refractivity contribution in [1.29, 1.82) is 0 Å². The Balaban J connectivity index is 2.97. The molecule has 0 amide bonds. The van der Waals surface area contributed by atoms with E-state index in [1.165, 1.54) is 12.1 Å².